The number of rotatable bonds is 4. The van der Waals surface area contributed by atoms with E-state index in [4.69, 9.17) is 0 Å². The van der Waals surface area contributed by atoms with Crippen molar-refractivity contribution in [2.45, 2.75) is 0 Å². The van der Waals surface area contributed by atoms with Crippen molar-refractivity contribution < 1.29 is 36.6 Å². The molecule has 136 valence electrons. The van der Waals surface area contributed by atoms with Gasteiger partial charge in [-0.1, -0.05) is 0 Å². The molecular formula is C17H10F5NO3. The minimum absolute atomic E-state index is 0.173. The molecule has 9 heteroatoms. The van der Waals surface area contributed by atoms with Gasteiger partial charge in [0.15, 0.2) is 17.5 Å². The average Bonchev–Trinajstić information content (AvgIpc) is 2.59. The number of hydrogen-bond acceptors (Lipinski definition) is 4. The minimum Gasteiger partial charge on any atom is -0.506 e. The van der Waals surface area contributed by atoms with Crippen molar-refractivity contribution in [2.24, 2.45) is 4.99 Å². The summed E-state index contributed by atoms with van der Waals surface area (Å²) in [6.07, 6.45) is 0.623. The first kappa shape index (κ1) is 19.1. The van der Waals surface area contributed by atoms with Gasteiger partial charge in [-0.3, -0.25) is 4.99 Å². The molecule has 2 aromatic carbocycles. The first-order valence-corrected chi connectivity index (χ1v) is 6.90. The lowest BCUT2D eigenvalue weighted by molar-refractivity contribution is -0.135. The summed E-state index contributed by atoms with van der Waals surface area (Å²) in [5.74, 6) is -8.58. The highest BCUT2D eigenvalue weighted by atomic mass is 19.2. The Bertz CT molecular complexity index is 925. The molecule has 4 nitrogen and oxygen atoms in total. The van der Waals surface area contributed by atoms with Gasteiger partial charge in [0.2, 0.25) is 0 Å². The molecule has 0 aliphatic rings. The van der Waals surface area contributed by atoms with Crippen molar-refractivity contribution in [2.75, 3.05) is 7.11 Å². The molecule has 0 amide bonds. The number of halogens is 5. The van der Waals surface area contributed by atoms with E-state index in [1.54, 1.807) is 0 Å². The molecular weight excluding hydrogens is 361 g/mol. The normalized spacial score (nSPS) is 12.2. The molecule has 0 saturated carbocycles. The van der Waals surface area contributed by atoms with Gasteiger partial charge >= 0.3 is 5.97 Å². The average molecular weight is 371 g/mol. The van der Waals surface area contributed by atoms with Crippen molar-refractivity contribution in [1.82, 2.24) is 0 Å². The predicted molar refractivity (Wildman–Crippen MR) is 82.4 cm³/mol. The van der Waals surface area contributed by atoms with E-state index in [0.29, 0.717) is 18.3 Å². The van der Waals surface area contributed by atoms with Crippen molar-refractivity contribution in [3.8, 4) is 0 Å². The van der Waals surface area contributed by atoms with E-state index in [1.807, 2.05) is 0 Å². The van der Waals surface area contributed by atoms with Crippen molar-refractivity contribution >= 4 is 23.6 Å². The van der Waals surface area contributed by atoms with Gasteiger partial charge in [-0.05, 0) is 18.2 Å². The van der Waals surface area contributed by atoms with Crippen molar-refractivity contribution in [1.29, 1.82) is 0 Å². The summed E-state index contributed by atoms with van der Waals surface area (Å²) < 4.78 is 70.9. The molecule has 0 heterocycles. The highest BCUT2D eigenvalue weighted by molar-refractivity contribution is 6.15. The van der Waals surface area contributed by atoms with Crippen LogP contribution in [0.5, 0.6) is 0 Å². The number of carbonyl (C=O) groups is 1. The highest BCUT2D eigenvalue weighted by Crippen LogP contribution is 2.24. The molecule has 0 aliphatic heterocycles. The molecule has 2 rings (SSSR count). The van der Waals surface area contributed by atoms with Crippen LogP contribution < -0.4 is 0 Å². The number of aliphatic hydroxyl groups excluding tert-OH is 1. The lowest BCUT2D eigenvalue weighted by Crippen LogP contribution is -2.10. The van der Waals surface area contributed by atoms with Crippen LogP contribution in [0.2, 0.25) is 0 Å². The highest BCUT2D eigenvalue weighted by Gasteiger charge is 2.20. The van der Waals surface area contributed by atoms with E-state index >= 15 is 0 Å². The first-order chi connectivity index (χ1) is 12.2. The summed E-state index contributed by atoms with van der Waals surface area (Å²) >= 11 is 0. The van der Waals surface area contributed by atoms with Gasteiger partial charge in [-0.25, -0.2) is 26.7 Å². The zero-order valence-electron chi connectivity index (χ0n) is 13.1. The lowest BCUT2D eigenvalue weighted by atomic mass is 10.1. The molecule has 0 aromatic heterocycles. The Morgan fingerprint density at radius 3 is 2.27 bits per heavy atom. The molecule has 0 radical (unpaired) electrons. The number of aliphatic hydroxyl groups is 1. The molecule has 0 spiro atoms. The molecule has 0 unspecified atom stereocenters. The SMILES string of the molecule is COC(=O)/C(C=Nc1ccc(F)cc1F)=C(\O)c1cc(F)c(F)cc1F. The molecule has 0 fully saturated rings. The van der Waals surface area contributed by atoms with Crippen LogP contribution in [-0.4, -0.2) is 24.4 Å². The summed E-state index contributed by atoms with van der Waals surface area (Å²) in [5.41, 5.74) is -2.00. The molecule has 1 N–H and O–H groups in total. The van der Waals surface area contributed by atoms with Crippen molar-refractivity contribution in [3.05, 3.63) is 70.6 Å². The van der Waals surface area contributed by atoms with Crippen LogP contribution in [0.25, 0.3) is 5.76 Å². The van der Waals surface area contributed by atoms with E-state index in [9.17, 15) is 31.9 Å². The standard InChI is InChI=1S/C17H10F5NO3/c1-26-17(25)10(7-23-15-3-2-8(18)4-14(15)22)16(24)9-5-12(20)13(21)6-11(9)19/h2-7,24H,1H3/b16-10-,23-7?. The van der Waals surface area contributed by atoms with Crippen LogP contribution in [0.1, 0.15) is 5.56 Å². The minimum atomic E-state index is -1.50. The Labute approximate surface area is 143 Å². The molecule has 0 bridgehead atoms. The zero-order valence-corrected chi connectivity index (χ0v) is 13.1. The maximum Gasteiger partial charge on any atom is 0.343 e. The number of ether oxygens (including phenoxy) is 1. The van der Waals surface area contributed by atoms with Crippen LogP contribution in [-0.2, 0) is 9.53 Å². The predicted octanol–water partition coefficient (Wildman–Crippen LogP) is 4.23. The second-order valence-electron chi connectivity index (χ2n) is 4.85. The van der Waals surface area contributed by atoms with Gasteiger partial charge in [-0.2, -0.15) is 0 Å². The second-order valence-corrected chi connectivity index (χ2v) is 4.85. The number of esters is 1. The number of benzene rings is 2. The second kappa shape index (κ2) is 7.77. The molecule has 26 heavy (non-hydrogen) atoms. The quantitative estimate of drug-likeness (QED) is 0.219. The van der Waals surface area contributed by atoms with E-state index in [0.717, 1.165) is 19.2 Å². The summed E-state index contributed by atoms with van der Waals surface area (Å²) in [5, 5.41) is 10.1. The van der Waals surface area contributed by atoms with Gasteiger partial charge in [0.1, 0.15) is 23.0 Å². The monoisotopic (exact) mass is 371 g/mol. The van der Waals surface area contributed by atoms with Gasteiger partial charge in [0.05, 0.1) is 18.4 Å². The number of hydrogen-bond donors (Lipinski definition) is 1. The Balaban J connectivity index is 2.56. The van der Waals surface area contributed by atoms with E-state index in [-0.39, 0.29) is 6.07 Å². The topological polar surface area (TPSA) is 58.9 Å². The van der Waals surface area contributed by atoms with E-state index < -0.39 is 57.6 Å². The van der Waals surface area contributed by atoms with E-state index in [2.05, 4.69) is 9.73 Å². The fourth-order valence-electron chi connectivity index (χ4n) is 1.89. The lowest BCUT2D eigenvalue weighted by Gasteiger charge is -2.07. The Morgan fingerprint density at radius 2 is 1.65 bits per heavy atom. The summed E-state index contributed by atoms with van der Waals surface area (Å²) in [7, 11) is 0.934. The van der Waals surface area contributed by atoms with Gasteiger partial charge < -0.3 is 9.84 Å². The summed E-state index contributed by atoms with van der Waals surface area (Å²) in [4.78, 5) is 15.3. The van der Waals surface area contributed by atoms with Crippen LogP contribution in [0.15, 0.2) is 40.9 Å². The van der Waals surface area contributed by atoms with Gasteiger partial charge in [-0.15, -0.1) is 0 Å². The molecule has 0 atom stereocenters. The molecule has 0 saturated heterocycles. The zero-order chi connectivity index (χ0) is 19.4. The maximum atomic E-state index is 13.8. The van der Waals surface area contributed by atoms with Gasteiger partial charge in [0, 0.05) is 18.3 Å². The largest absolute Gasteiger partial charge is 0.506 e. The van der Waals surface area contributed by atoms with E-state index in [1.165, 1.54) is 0 Å². The number of methoxy groups -OCH3 is 1. The fraction of sp³-hybridized carbons (Fsp3) is 0.0588. The maximum absolute atomic E-state index is 13.8. The Morgan fingerprint density at radius 1 is 1.00 bits per heavy atom. The van der Waals surface area contributed by atoms with Crippen LogP contribution in [0.4, 0.5) is 27.6 Å². The third kappa shape index (κ3) is 4.05. The van der Waals surface area contributed by atoms with Crippen LogP contribution in [0.3, 0.4) is 0 Å². The van der Waals surface area contributed by atoms with Gasteiger partial charge in [0.25, 0.3) is 0 Å². The molecule has 2 aromatic rings. The Hall–Kier alpha value is -3.23. The van der Waals surface area contributed by atoms with Crippen LogP contribution in [0, 0.1) is 29.1 Å². The number of aliphatic imine (C=N–C) groups is 1. The third-order valence-corrected chi connectivity index (χ3v) is 3.17. The third-order valence-electron chi connectivity index (χ3n) is 3.17. The molecule has 0 aliphatic carbocycles. The van der Waals surface area contributed by atoms with Crippen molar-refractivity contribution in [3.63, 3.8) is 0 Å². The summed E-state index contributed by atoms with van der Waals surface area (Å²) in [6.45, 7) is 0. The van der Waals surface area contributed by atoms with Crippen LogP contribution >= 0.6 is 0 Å². The summed E-state index contributed by atoms with van der Waals surface area (Å²) in [6, 6.07) is 2.88. The number of carbonyl (C=O) groups excluding carboxylic acids is 1. The Kier molecular flexibility index (Phi) is 5.71. The number of nitrogens with zero attached hydrogens (tertiary/aromatic N) is 1. The fourth-order valence-corrected chi connectivity index (χ4v) is 1.89. The first-order valence-electron chi connectivity index (χ1n) is 6.90. The smallest absolute Gasteiger partial charge is 0.343 e.